The first kappa shape index (κ1) is 27.8. The predicted molar refractivity (Wildman–Crippen MR) is 150 cm³/mol. The number of aromatic nitrogens is 4. The maximum atomic E-state index is 14.9. The predicted octanol–water partition coefficient (Wildman–Crippen LogP) is 3.91. The van der Waals surface area contributed by atoms with Crippen LogP contribution in [0.3, 0.4) is 0 Å². The van der Waals surface area contributed by atoms with Gasteiger partial charge in [-0.3, -0.25) is 4.79 Å². The number of likely N-dealkylation sites (tertiary alicyclic amines) is 1. The van der Waals surface area contributed by atoms with Crippen LogP contribution >= 0.6 is 23.2 Å². The second-order valence-corrected chi connectivity index (χ2v) is 12.8. The zero-order valence-corrected chi connectivity index (χ0v) is 24.0. The maximum absolute atomic E-state index is 14.9. The molecular formula is C27H25Cl2FN6O4S. The van der Waals surface area contributed by atoms with Crippen LogP contribution < -0.4 is 5.69 Å². The Morgan fingerprint density at radius 2 is 1.73 bits per heavy atom. The van der Waals surface area contributed by atoms with Crippen molar-refractivity contribution in [2.75, 3.05) is 13.1 Å². The van der Waals surface area contributed by atoms with Crippen LogP contribution in [-0.2, 0) is 16.4 Å². The van der Waals surface area contributed by atoms with Gasteiger partial charge in [-0.2, -0.15) is 9.40 Å². The van der Waals surface area contributed by atoms with Crippen molar-refractivity contribution in [3.63, 3.8) is 0 Å². The summed E-state index contributed by atoms with van der Waals surface area (Å²) in [5.74, 6) is -1.14. The van der Waals surface area contributed by atoms with Crippen LogP contribution in [-0.4, -0.2) is 68.3 Å². The quantitative estimate of drug-likeness (QED) is 0.335. The lowest BCUT2D eigenvalue weighted by atomic mass is 10.0. The second-order valence-electron chi connectivity index (χ2n) is 10.2. The molecule has 2 aliphatic rings. The number of hydrogen-bond acceptors (Lipinski definition) is 6. The van der Waals surface area contributed by atoms with E-state index in [1.165, 1.54) is 18.2 Å². The molecule has 1 saturated carbocycles. The third-order valence-corrected chi connectivity index (χ3v) is 10.2. The number of amides is 1. The Hall–Kier alpha value is -3.32. The SMILES string of the molecule is O=C(c1cc(Cc2n[nH]c(=O)n3c(Cl)c(Cl)nc23)ccc1F)N1CCC(N(C2CC2)S(=O)(=O)c2ccccc2)CC1. The van der Waals surface area contributed by atoms with E-state index >= 15 is 0 Å². The molecule has 6 rings (SSSR count). The number of nitrogens with one attached hydrogen (secondary N) is 1. The lowest BCUT2D eigenvalue weighted by Gasteiger charge is -2.38. The van der Waals surface area contributed by atoms with Crippen molar-refractivity contribution in [2.24, 2.45) is 0 Å². The van der Waals surface area contributed by atoms with E-state index in [-0.39, 0.29) is 44.9 Å². The summed E-state index contributed by atoms with van der Waals surface area (Å²) in [5, 5.41) is 6.28. The van der Waals surface area contributed by atoms with E-state index < -0.39 is 27.4 Å². The average Bonchev–Trinajstić information content (AvgIpc) is 3.75. The first-order chi connectivity index (χ1) is 19.6. The topological polar surface area (TPSA) is 121 Å². The molecule has 2 fully saturated rings. The Bertz CT molecular complexity index is 1800. The number of carbonyl (C=O) groups excluding carboxylic acids is 1. The number of nitrogens with zero attached hydrogens (tertiary/aromatic N) is 5. The summed E-state index contributed by atoms with van der Waals surface area (Å²) >= 11 is 12.1. The number of sulfonamides is 1. The van der Waals surface area contributed by atoms with Gasteiger partial charge < -0.3 is 4.90 Å². The van der Waals surface area contributed by atoms with Gasteiger partial charge >= 0.3 is 5.69 Å². The highest BCUT2D eigenvalue weighted by Gasteiger charge is 2.43. The number of hydrogen-bond donors (Lipinski definition) is 1. The first-order valence-corrected chi connectivity index (χ1v) is 15.3. The number of rotatable bonds is 7. The van der Waals surface area contributed by atoms with Crippen molar-refractivity contribution in [3.05, 3.63) is 92.0 Å². The molecule has 2 aromatic carbocycles. The van der Waals surface area contributed by atoms with Gasteiger partial charge in [-0.25, -0.2) is 32.1 Å². The molecular weight excluding hydrogens is 594 g/mol. The number of piperidine rings is 1. The highest BCUT2D eigenvalue weighted by atomic mass is 35.5. The number of H-pyrrole nitrogens is 1. The van der Waals surface area contributed by atoms with Crippen molar-refractivity contribution in [1.29, 1.82) is 0 Å². The van der Waals surface area contributed by atoms with Crippen molar-refractivity contribution in [1.82, 2.24) is 28.8 Å². The lowest BCUT2D eigenvalue weighted by Crippen LogP contribution is -2.49. The van der Waals surface area contributed by atoms with E-state index in [1.807, 2.05) is 0 Å². The molecule has 0 bridgehead atoms. The zero-order chi connectivity index (χ0) is 28.9. The van der Waals surface area contributed by atoms with Gasteiger partial charge in [0.2, 0.25) is 10.0 Å². The molecule has 1 aliphatic carbocycles. The summed E-state index contributed by atoms with van der Waals surface area (Å²) in [4.78, 5) is 31.5. The number of benzene rings is 2. The third kappa shape index (κ3) is 5.25. The highest BCUT2D eigenvalue weighted by molar-refractivity contribution is 7.89. The molecule has 3 heterocycles. The number of aromatic amines is 1. The van der Waals surface area contributed by atoms with Crippen LogP contribution in [0.25, 0.3) is 5.65 Å². The summed E-state index contributed by atoms with van der Waals surface area (Å²) in [7, 11) is -3.67. The molecule has 1 amide bonds. The van der Waals surface area contributed by atoms with Crippen molar-refractivity contribution in [2.45, 2.75) is 49.1 Å². The normalized spacial score (nSPS) is 16.5. The zero-order valence-electron chi connectivity index (χ0n) is 21.6. The van der Waals surface area contributed by atoms with Crippen LogP contribution in [0, 0.1) is 5.82 Å². The van der Waals surface area contributed by atoms with E-state index in [9.17, 15) is 22.4 Å². The van der Waals surface area contributed by atoms with E-state index in [1.54, 1.807) is 39.5 Å². The summed E-state index contributed by atoms with van der Waals surface area (Å²) in [6.07, 6.45) is 2.67. The van der Waals surface area contributed by atoms with Crippen LogP contribution in [0.15, 0.2) is 58.2 Å². The number of fused-ring (bicyclic) bond motifs is 1. The Labute approximate surface area is 244 Å². The largest absolute Gasteiger partial charge is 0.348 e. The fourth-order valence-electron chi connectivity index (χ4n) is 5.35. The Morgan fingerprint density at radius 3 is 2.41 bits per heavy atom. The molecule has 1 saturated heterocycles. The van der Waals surface area contributed by atoms with Gasteiger partial charge in [0.25, 0.3) is 5.91 Å². The molecule has 14 heteroatoms. The molecule has 4 aromatic rings. The fraction of sp³-hybridized carbons (Fsp3) is 0.333. The third-order valence-electron chi connectivity index (χ3n) is 7.50. The first-order valence-electron chi connectivity index (χ1n) is 13.1. The van der Waals surface area contributed by atoms with Crippen LogP contribution in [0.5, 0.6) is 0 Å². The van der Waals surface area contributed by atoms with Crippen molar-refractivity contribution < 1.29 is 17.6 Å². The molecule has 10 nitrogen and oxygen atoms in total. The average molecular weight is 620 g/mol. The summed E-state index contributed by atoms with van der Waals surface area (Å²) in [6.45, 7) is 0.599. The van der Waals surface area contributed by atoms with Gasteiger partial charge in [-0.05, 0) is 55.5 Å². The molecule has 41 heavy (non-hydrogen) atoms. The maximum Gasteiger partial charge on any atom is 0.348 e. The fourth-order valence-corrected chi connectivity index (χ4v) is 7.67. The molecule has 214 valence electrons. The molecule has 0 spiro atoms. The van der Waals surface area contributed by atoms with Gasteiger partial charge in [0.1, 0.15) is 11.5 Å². The molecule has 0 unspecified atom stereocenters. The summed E-state index contributed by atoms with van der Waals surface area (Å²) in [5.41, 5.74) is 0.355. The Morgan fingerprint density at radius 1 is 1.05 bits per heavy atom. The van der Waals surface area contributed by atoms with Crippen LogP contribution in [0.2, 0.25) is 10.3 Å². The standard InChI is InChI=1S/C27H25Cl2FN6O4S/c28-23-24(29)35-25(31-23)22(32-33-27(35)38)15-16-6-9-21(30)20(14-16)26(37)34-12-10-18(11-13-34)36(17-7-8-17)41(39,40)19-4-2-1-3-5-19/h1-6,9,14,17-18H,7-8,10-13,15H2,(H,33,38). The summed E-state index contributed by atoms with van der Waals surface area (Å²) in [6, 6.07) is 12.3. The van der Waals surface area contributed by atoms with E-state index in [0.29, 0.717) is 37.2 Å². The number of imidazole rings is 1. The highest BCUT2D eigenvalue weighted by Crippen LogP contribution is 2.37. The molecule has 1 aliphatic heterocycles. The Kier molecular flexibility index (Phi) is 7.35. The molecule has 1 N–H and O–H groups in total. The van der Waals surface area contributed by atoms with E-state index in [4.69, 9.17) is 23.2 Å². The monoisotopic (exact) mass is 618 g/mol. The van der Waals surface area contributed by atoms with Gasteiger partial charge in [0.05, 0.1) is 10.5 Å². The lowest BCUT2D eigenvalue weighted by molar-refractivity contribution is 0.0671. The van der Waals surface area contributed by atoms with Crippen LogP contribution in [0.1, 0.15) is 47.3 Å². The molecule has 2 aromatic heterocycles. The minimum atomic E-state index is -3.67. The van der Waals surface area contributed by atoms with Gasteiger partial charge in [0, 0.05) is 31.6 Å². The Balaban J connectivity index is 1.19. The van der Waals surface area contributed by atoms with Crippen molar-refractivity contribution in [3.8, 4) is 0 Å². The summed E-state index contributed by atoms with van der Waals surface area (Å²) < 4.78 is 44.5. The minimum absolute atomic E-state index is 0.0329. The van der Waals surface area contributed by atoms with E-state index in [0.717, 1.165) is 17.2 Å². The van der Waals surface area contributed by atoms with Gasteiger partial charge in [-0.15, -0.1) is 0 Å². The second kappa shape index (κ2) is 10.8. The van der Waals surface area contributed by atoms with Crippen LogP contribution in [0.4, 0.5) is 4.39 Å². The van der Waals surface area contributed by atoms with E-state index in [2.05, 4.69) is 15.2 Å². The number of carbonyl (C=O) groups is 1. The smallest absolute Gasteiger partial charge is 0.338 e. The van der Waals surface area contributed by atoms with Crippen molar-refractivity contribution >= 4 is 44.8 Å². The molecule has 0 atom stereocenters. The minimum Gasteiger partial charge on any atom is -0.338 e. The number of halogens is 3. The molecule has 0 radical (unpaired) electrons. The van der Waals surface area contributed by atoms with Gasteiger partial charge in [0.15, 0.2) is 16.0 Å². The van der Waals surface area contributed by atoms with Gasteiger partial charge in [-0.1, -0.05) is 47.5 Å².